The maximum absolute atomic E-state index is 12.8. The summed E-state index contributed by atoms with van der Waals surface area (Å²) in [6, 6.07) is 15.7. The highest BCUT2D eigenvalue weighted by atomic mass is 32.2. The number of rotatable bonds is 8. The van der Waals surface area contributed by atoms with Crippen molar-refractivity contribution in [3.63, 3.8) is 0 Å². The van der Waals surface area contributed by atoms with Gasteiger partial charge in [-0.25, -0.2) is 0 Å². The number of methoxy groups -OCH3 is 1. The number of thioether (sulfide) groups is 1. The van der Waals surface area contributed by atoms with Crippen LogP contribution in [-0.2, 0) is 11.8 Å². The molecule has 30 heavy (non-hydrogen) atoms. The molecular weight excluding hydrogens is 396 g/mol. The fraction of sp³-hybridized carbons (Fsp3) is 0.348. The van der Waals surface area contributed by atoms with Crippen molar-refractivity contribution < 1.29 is 9.53 Å². The van der Waals surface area contributed by atoms with Crippen LogP contribution >= 0.6 is 11.8 Å². The van der Waals surface area contributed by atoms with Gasteiger partial charge in [-0.1, -0.05) is 43.8 Å². The van der Waals surface area contributed by atoms with Crippen molar-refractivity contribution in [1.82, 2.24) is 14.8 Å². The molecule has 0 aliphatic heterocycles. The second-order valence-electron chi connectivity index (χ2n) is 7.24. The van der Waals surface area contributed by atoms with Crippen LogP contribution in [0.5, 0.6) is 5.75 Å². The van der Waals surface area contributed by atoms with Crippen molar-refractivity contribution in [3.05, 3.63) is 54.1 Å². The molecule has 2 atom stereocenters. The molecule has 1 heterocycles. The zero-order chi connectivity index (χ0) is 21.7. The van der Waals surface area contributed by atoms with Gasteiger partial charge in [-0.05, 0) is 55.2 Å². The summed E-state index contributed by atoms with van der Waals surface area (Å²) in [5.74, 6) is 1.87. The molecule has 0 aliphatic rings. The standard InChI is InChI=1S/C23H28N4O2S/c1-6-15(2)19-9-7-8-10-20(19)24-22(28)16(3)30-23-26-25-21(27(23)4)17-11-13-18(29-5)14-12-17/h7-16H,6H2,1-5H3,(H,24,28). The molecule has 0 radical (unpaired) electrons. The van der Waals surface area contributed by atoms with E-state index < -0.39 is 0 Å². The van der Waals surface area contributed by atoms with E-state index in [1.54, 1.807) is 7.11 Å². The molecule has 1 aromatic heterocycles. The summed E-state index contributed by atoms with van der Waals surface area (Å²) in [6.45, 7) is 6.20. The molecular formula is C23H28N4O2S. The Bertz CT molecular complexity index is 1000. The SMILES string of the molecule is CCC(C)c1ccccc1NC(=O)C(C)Sc1nnc(-c2ccc(OC)cc2)n1C. The minimum Gasteiger partial charge on any atom is -0.497 e. The number of carbonyl (C=O) groups excluding carboxylic acids is 1. The third-order valence-electron chi connectivity index (χ3n) is 5.20. The average Bonchev–Trinajstić information content (AvgIpc) is 3.13. The highest BCUT2D eigenvalue weighted by molar-refractivity contribution is 8.00. The second-order valence-corrected chi connectivity index (χ2v) is 8.55. The van der Waals surface area contributed by atoms with Gasteiger partial charge in [0.1, 0.15) is 5.75 Å². The molecule has 0 saturated carbocycles. The van der Waals surface area contributed by atoms with Crippen LogP contribution in [0.1, 0.15) is 38.7 Å². The van der Waals surface area contributed by atoms with Crippen LogP contribution in [0.3, 0.4) is 0 Å². The average molecular weight is 425 g/mol. The van der Waals surface area contributed by atoms with E-state index in [1.807, 2.05) is 61.0 Å². The third kappa shape index (κ3) is 4.84. The summed E-state index contributed by atoms with van der Waals surface area (Å²) in [7, 11) is 3.55. The third-order valence-corrected chi connectivity index (χ3v) is 6.33. The van der Waals surface area contributed by atoms with E-state index in [0.29, 0.717) is 11.1 Å². The van der Waals surface area contributed by atoms with E-state index in [4.69, 9.17) is 4.74 Å². The maximum Gasteiger partial charge on any atom is 0.237 e. The van der Waals surface area contributed by atoms with Gasteiger partial charge >= 0.3 is 0 Å². The molecule has 0 aliphatic carbocycles. The molecule has 2 aromatic carbocycles. The lowest BCUT2D eigenvalue weighted by molar-refractivity contribution is -0.115. The summed E-state index contributed by atoms with van der Waals surface area (Å²) in [5, 5.41) is 12.1. The van der Waals surface area contributed by atoms with Crippen molar-refractivity contribution >= 4 is 23.4 Å². The molecule has 0 saturated heterocycles. The summed E-state index contributed by atoms with van der Waals surface area (Å²) >= 11 is 1.39. The van der Waals surface area contributed by atoms with Crippen LogP contribution < -0.4 is 10.1 Å². The quantitative estimate of drug-likeness (QED) is 0.508. The number of para-hydroxylation sites is 1. The summed E-state index contributed by atoms with van der Waals surface area (Å²) in [6.07, 6.45) is 1.02. The number of nitrogens with zero attached hydrogens (tertiary/aromatic N) is 3. The van der Waals surface area contributed by atoms with Gasteiger partial charge in [-0.3, -0.25) is 4.79 Å². The molecule has 1 amide bonds. The Kier molecular flexibility index (Phi) is 7.15. The topological polar surface area (TPSA) is 69.0 Å². The fourth-order valence-corrected chi connectivity index (χ4v) is 3.93. The Hall–Kier alpha value is -2.80. The van der Waals surface area contributed by atoms with Gasteiger partial charge in [0.25, 0.3) is 0 Å². The van der Waals surface area contributed by atoms with Crippen LogP contribution in [0.4, 0.5) is 5.69 Å². The molecule has 3 aromatic rings. The Morgan fingerprint density at radius 3 is 2.50 bits per heavy atom. The highest BCUT2D eigenvalue weighted by Gasteiger charge is 2.21. The molecule has 158 valence electrons. The van der Waals surface area contributed by atoms with Crippen LogP contribution in [0.15, 0.2) is 53.7 Å². The van der Waals surface area contributed by atoms with Crippen molar-refractivity contribution in [3.8, 4) is 17.1 Å². The van der Waals surface area contributed by atoms with E-state index >= 15 is 0 Å². The predicted octanol–water partition coefficient (Wildman–Crippen LogP) is 5.12. The van der Waals surface area contributed by atoms with Crippen molar-refractivity contribution in [2.24, 2.45) is 7.05 Å². The summed E-state index contributed by atoms with van der Waals surface area (Å²) < 4.78 is 7.11. The van der Waals surface area contributed by atoms with Gasteiger partial charge in [0, 0.05) is 18.3 Å². The lowest BCUT2D eigenvalue weighted by Gasteiger charge is -2.17. The fourth-order valence-electron chi connectivity index (χ4n) is 3.12. The van der Waals surface area contributed by atoms with Crippen molar-refractivity contribution in [1.29, 1.82) is 0 Å². The molecule has 3 rings (SSSR count). The Morgan fingerprint density at radius 2 is 1.83 bits per heavy atom. The van der Waals surface area contributed by atoms with Crippen LogP contribution in [0.2, 0.25) is 0 Å². The summed E-state index contributed by atoms with van der Waals surface area (Å²) in [5.41, 5.74) is 2.98. The van der Waals surface area contributed by atoms with E-state index in [0.717, 1.165) is 34.8 Å². The maximum atomic E-state index is 12.8. The zero-order valence-corrected chi connectivity index (χ0v) is 18.9. The first-order valence-corrected chi connectivity index (χ1v) is 10.9. The monoisotopic (exact) mass is 424 g/mol. The van der Waals surface area contributed by atoms with Gasteiger partial charge in [0.2, 0.25) is 5.91 Å². The predicted molar refractivity (Wildman–Crippen MR) is 122 cm³/mol. The molecule has 0 bridgehead atoms. The van der Waals surface area contributed by atoms with Gasteiger partial charge < -0.3 is 14.6 Å². The number of benzene rings is 2. The second kappa shape index (κ2) is 9.80. The number of nitrogens with one attached hydrogen (secondary N) is 1. The molecule has 0 spiro atoms. The molecule has 2 unspecified atom stereocenters. The van der Waals surface area contributed by atoms with E-state index in [9.17, 15) is 4.79 Å². The molecule has 1 N–H and O–H groups in total. The number of hydrogen-bond donors (Lipinski definition) is 1. The largest absolute Gasteiger partial charge is 0.497 e. The van der Waals surface area contributed by atoms with Gasteiger partial charge in [0.05, 0.1) is 12.4 Å². The van der Waals surface area contributed by atoms with E-state index in [1.165, 1.54) is 11.8 Å². The first-order valence-electron chi connectivity index (χ1n) is 10.0. The molecule has 0 fully saturated rings. The van der Waals surface area contributed by atoms with E-state index in [-0.39, 0.29) is 11.2 Å². The van der Waals surface area contributed by atoms with Gasteiger partial charge in [-0.15, -0.1) is 10.2 Å². The smallest absolute Gasteiger partial charge is 0.237 e. The first-order chi connectivity index (χ1) is 14.4. The zero-order valence-electron chi connectivity index (χ0n) is 18.0. The Balaban J connectivity index is 1.71. The van der Waals surface area contributed by atoms with Gasteiger partial charge in [-0.2, -0.15) is 0 Å². The number of anilines is 1. The first kappa shape index (κ1) is 21.9. The van der Waals surface area contributed by atoms with Crippen LogP contribution in [-0.4, -0.2) is 33.0 Å². The number of amides is 1. The van der Waals surface area contributed by atoms with E-state index in [2.05, 4.69) is 35.4 Å². The number of hydrogen-bond acceptors (Lipinski definition) is 5. The van der Waals surface area contributed by atoms with Crippen molar-refractivity contribution in [2.75, 3.05) is 12.4 Å². The normalized spacial score (nSPS) is 13.0. The van der Waals surface area contributed by atoms with Crippen molar-refractivity contribution in [2.45, 2.75) is 43.5 Å². The number of ether oxygens (including phenoxy) is 1. The van der Waals surface area contributed by atoms with Crippen LogP contribution in [0, 0.1) is 0 Å². The number of aromatic nitrogens is 3. The number of carbonyl (C=O) groups is 1. The molecule has 7 heteroatoms. The Labute approximate surface area is 182 Å². The highest BCUT2D eigenvalue weighted by Crippen LogP contribution is 2.29. The van der Waals surface area contributed by atoms with Gasteiger partial charge in [0.15, 0.2) is 11.0 Å². The lowest BCUT2D eigenvalue weighted by atomic mass is 9.97. The minimum atomic E-state index is -0.318. The molecule has 6 nitrogen and oxygen atoms in total. The Morgan fingerprint density at radius 1 is 1.13 bits per heavy atom. The summed E-state index contributed by atoms with van der Waals surface area (Å²) in [4.78, 5) is 12.8. The minimum absolute atomic E-state index is 0.0512. The lowest BCUT2D eigenvalue weighted by Crippen LogP contribution is -2.23. The van der Waals surface area contributed by atoms with Crippen LogP contribution in [0.25, 0.3) is 11.4 Å².